The fourth-order valence-corrected chi connectivity index (χ4v) is 0.702. The van der Waals surface area contributed by atoms with Gasteiger partial charge in [0.1, 0.15) is 0 Å². The maximum absolute atomic E-state index is 9.86. The van der Waals surface area contributed by atoms with Crippen LogP contribution in [0.2, 0.25) is 0 Å². The Morgan fingerprint density at radius 2 is 2.09 bits per heavy atom. The summed E-state index contributed by atoms with van der Waals surface area (Å²) in [5, 5.41) is 8.09. The van der Waals surface area contributed by atoms with Gasteiger partial charge in [-0.25, -0.2) is 0 Å². The molecule has 7 heteroatoms. The van der Waals surface area contributed by atoms with Crippen LogP contribution in [0, 0.1) is 0 Å². The van der Waals surface area contributed by atoms with Gasteiger partial charge < -0.3 is 14.5 Å². The fourth-order valence-electron chi connectivity index (χ4n) is 0.383. The number of aliphatic carboxylic acids is 1. The molecule has 1 unspecified atom stereocenters. The molecule has 0 radical (unpaired) electrons. The van der Waals surface area contributed by atoms with Gasteiger partial charge in [-0.3, -0.25) is 9.36 Å². The van der Waals surface area contributed by atoms with E-state index in [1.807, 2.05) is 0 Å². The third-order valence-corrected chi connectivity index (χ3v) is 1.21. The molecule has 0 heterocycles. The largest absolute Gasteiger partial charge is 0.481 e. The van der Waals surface area contributed by atoms with E-state index in [0.29, 0.717) is 0 Å². The first-order chi connectivity index (χ1) is 4.63. The molecule has 0 spiro atoms. The van der Waals surface area contributed by atoms with E-state index in [2.05, 4.69) is 4.52 Å². The molecule has 64 valence electrons. The molecule has 0 aliphatic rings. The quantitative estimate of drug-likeness (QED) is 0.546. The molecule has 2 N–H and O–H groups in total. The predicted molar refractivity (Wildman–Crippen MR) is 34.0 cm³/mol. The molecule has 0 aliphatic heterocycles. The zero-order chi connectivity index (χ0) is 7.98. The second kappa shape index (κ2) is 8.60. The smallest absolute Gasteiger partial charge is 0.316 e. The van der Waals surface area contributed by atoms with Gasteiger partial charge in [0.15, 0.2) is 0 Å². The summed E-state index contributed by atoms with van der Waals surface area (Å²) in [6, 6.07) is 0. The topological polar surface area (TPSA) is 83.8 Å². The third-order valence-electron chi connectivity index (χ3n) is 0.761. The Hall–Kier alpha value is 0.503. The molecular formula is C4H9O5PZr. The Labute approximate surface area is 83.8 Å². The van der Waals surface area contributed by atoms with Crippen molar-refractivity contribution in [1.82, 2.24) is 0 Å². The van der Waals surface area contributed by atoms with E-state index in [0.717, 1.165) is 0 Å². The molecule has 0 saturated carbocycles. The van der Waals surface area contributed by atoms with Gasteiger partial charge in [-0.1, -0.05) is 0 Å². The van der Waals surface area contributed by atoms with Crippen molar-refractivity contribution in [2.75, 3.05) is 6.61 Å². The number of hydrogen-bond acceptors (Lipinski definition) is 3. The van der Waals surface area contributed by atoms with E-state index in [-0.39, 0.29) is 45.7 Å². The zero-order valence-corrected chi connectivity index (χ0v) is 9.20. The fraction of sp³-hybridized carbons (Fsp3) is 0.750. The summed E-state index contributed by atoms with van der Waals surface area (Å²) in [6.07, 6.45) is 0.238. The maximum Gasteiger partial charge on any atom is 0.316 e. The zero-order valence-electron chi connectivity index (χ0n) is 5.74. The van der Waals surface area contributed by atoms with Crippen LogP contribution in [-0.4, -0.2) is 22.6 Å². The number of rotatable bonds is 5. The first kappa shape index (κ1) is 14.1. The summed E-state index contributed by atoms with van der Waals surface area (Å²) in [5.41, 5.74) is 0. The number of hydrogen-bond donors (Lipinski definition) is 2. The summed E-state index contributed by atoms with van der Waals surface area (Å²) in [5.74, 6) is -0.929. The van der Waals surface area contributed by atoms with Crippen LogP contribution in [-0.2, 0) is 40.1 Å². The van der Waals surface area contributed by atoms with Crippen molar-refractivity contribution < 1.29 is 50.1 Å². The molecule has 5 nitrogen and oxygen atoms in total. The first-order valence-electron chi connectivity index (χ1n) is 2.70. The minimum absolute atomic E-state index is 0. The van der Waals surface area contributed by atoms with Crippen LogP contribution in [0.5, 0.6) is 0 Å². The molecule has 0 aromatic carbocycles. The Morgan fingerprint density at radius 3 is 2.45 bits per heavy atom. The standard InChI is InChI=1S/C4H9O5P.Zr/c5-4(6)2-1-3-9-10(7)8;/h10H,1-3H2,(H,5,6)(H,7,8);. The van der Waals surface area contributed by atoms with E-state index in [1.165, 1.54) is 0 Å². The minimum atomic E-state index is -2.88. The molecular weight excluding hydrogens is 250 g/mol. The van der Waals surface area contributed by atoms with Gasteiger partial charge in [0.25, 0.3) is 0 Å². The maximum atomic E-state index is 9.86. The van der Waals surface area contributed by atoms with Gasteiger partial charge in [0, 0.05) is 32.6 Å². The summed E-state index contributed by atoms with van der Waals surface area (Å²) >= 11 is 0. The summed E-state index contributed by atoms with van der Waals surface area (Å²) in [4.78, 5) is 18.0. The molecule has 0 aliphatic carbocycles. The summed E-state index contributed by atoms with van der Waals surface area (Å²) in [6.45, 7) is 0.0284. The van der Waals surface area contributed by atoms with Gasteiger partial charge in [0.05, 0.1) is 6.61 Å². The van der Waals surface area contributed by atoms with Crippen LogP contribution in [0.25, 0.3) is 0 Å². The summed E-state index contributed by atoms with van der Waals surface area (Å²) < 4.78 is 14.1. The second-order valence-corrected chi connectivity index (χ2v) is 2.43. The molecule has 0 saturated heterocycles. The summed E-state index contributed by atoms with van der Waals surface area (Å²) in [7, 11) is -2.88. The van der Waals surface area contributed by atoms with Crippen LogP contribution >= 0.6 is 8.25 Å². The second-order valence-electron chi connectivity index (χ2n) is 1.61. The van der Waals surface area contributed by atoms with Crippen molar-refractivity contribution in [3.05, 3.63) is 0 Å². The van der Waals surface area contributed by atoms with Crippen molar-refractivity contribution >= 4 is 14.2 Å². The molecule has 0 rings (SSSR count). The van der Waals surface area contributed by atoms with E-state index in [1.54, 1.807) is 0 Å². The number of carboxylic acid groups (broad SMARTS) is 1. The van der Waals surface area contributed by atoms with Crippen molar-refractivity contribution in [3.8, 4) is 0 Å². The average Bonchev–Trinajstić information content (AvgIpc) is 1.79. The van der Waals surface area contributed by atoms with E-state index in [4.69, 9.17) is 10.00 Å². The van der Waals surface area contributed by atoms with Crippen LogP contribution in [0.15, 0.2) is 0 Å². The predicted octanol–water partition coefficient (Wildman–Crippen LogP) is 0.247. The molecule has 0 fully saturated rings. The van der Waals surface area contributed by atoms with Gasteiger partial charge in [-0.15, -0.1) is 0 Å². The van der Waals surface area contributed by atoms with Crippen molar-refractivity contribution in [1.29, 1.82) is 0 Å². The molecule has 1 atom stereocenters. The first-order valence-corrected chi connectivity index (χ1v) is 3.97. The van der Waals surface area contributed by atoms with E-state index < -0.39 is 14.2 Å². The SMILES string of the molecule is O=C(O)CCCO[PH](=O)O.[Zr]. The Balaban J connectivity index is 0. The molecule has 0 aromatic heterocycles. The molecule has 11 heavy (non-hydrogen) atoms. The van der Waals surface area contributed by atoms with E-state index >= 15 is 0 Å². The van der Waals surface area contributed by atoms with Crippen molar-refractivity contribution in [2.24, 2.45) is 0 Å². The Morgan fingerprint density at radius 1 is 1.55 bits per heavy atom. The molecule has 0 amide bonds. The van der Waals surface area contributed by atoms with Gasteiger partial charge in [-0.05, 0) is 6.42 Å². The van der Waals surface area contributed by atoms with Crippen LogP contribution in [0.3, 0.4) is 0 Å². The van der Waals surface area contributed by atoms with Crippen LogP contribution in [0.1, 0.15) is 12.8 Å². The third kappa shape index (κ3) is 13.5. The average molecular weight is 259 g/mol. The van der Waals surface area contributed by atoms with Gasteiger partial charge in [-0.2, -0.15) is 0 Å². The number of carboxylic acids is 1. The van der Waals surface area contributed by atoms with Crippen molar-refractivity contribution in [3.63, 3.8) is 0 Å². The molecule has 0 aromatic rings. The Bertz CT molecular complexity index is 122. The normalized spacial score (nSPS) is 11.7. The Kier molecular flexibility index (Phi) is 11.0. The van der Waals surface area contributed by atoms with Gasteiger partial charge >= 0.3 is 14.2 Å². The van der Waals surface area contributed by atoms with Crippen LogP contribution < -0.4 is 0 Å². The van der Waals surface area contributed by atoms with Crippen molar-refractivity contribution in [2.45, 2.75) is 12.8 Å². The van der Waals surface area contributed by atoms with E-state index in [9.17, 15) is 9.36 Å². The van der Waals surface area contributed by atoms with Gasteiger partial charge in [0.2, 0.25) is 0 Å². The minimum Gasteiger partial charge on any atom is -0.481 e. The van der Waals surface area contributed by atoms with Crippen LogP contribution in [0.4, 0.5) is 0 Å². The number of carbonyl (C=O) groups is 1. The molecule has 0 bridgehead atoms. The monoisotopic (exact) mass is 258 g/mol.